The van der Waals surface area contributed by atoms with Crippen LogP contribution in [-0.4, -0.2) is 56.0 Å². The summed E-state index contributed by atoms with van der Waals surface area (Å²) in [5, 5.41) is 12.4. The van der Waals surface area contributed by atoms with Crippen LogP contribution in [0.25, 0.3) is 17.1 Å². The first-order valence-corrected chi connectivity index (χ1v) is 11.4. The fourth-order valence-electron chi connectivity index (χ4n) is 4.15. The van der Waals surface area contributed by atoms with Crippen molar-refractivity contribution >= 4 is 17.5 Å². The molecule has 0 radical (unpaired) electrons. The molecule has 1 atom stereocenters. The molecule has 2 aromatic heterocycles. The Morgan fingerprint density at radius 1 is 1.16 bits per heavy atom. The van der Waals surface area contributed by atoms with E-state index in [-0.39, 0.29) is 33.8 Å². The van der Waals surface area contributed by atoms with Crippen molar-refractivity contribution in [3.8, 4) is 28.6 Å². The van der Waals surface area contributed by atoms with Gasteiger partial charge in [0.1, 0.15) is 17.2 Å². The number of halogens is 4. The maximum atomic E-state index is 13.7. The number of methoxy groups -OCH3 is 1. The third-order valence-corrected chi connectivity index (χ3v) is 6.03. The normalized spacial score (nSPS) is 15.7. The lowest BCUT2D eigenvalue weighted by Gasteiger charge is -2.23. The van der Waals surface area contributed by atoms with E-state index in [0.717, 1.165) is 6.07 Å². The third-order valence-electron chi connectivity index (χ3n) is 5.73. The Morgan fingerprint density at radius 2 is 1.92 bits per heavy atom. The van der Waals surface area contributed by atoms with Gasteiger partial charge in [-0.3, -0.25) is 4.79 Å². The average Bonchev–Trinajstić information content (AvgIpc) is 3.64. The highest BCUT2D eigenvalue weighted by Crippen LogP contribution is 2.38. The highest BCUT2D eigenvalue weighted by Gasteiger charge is 2.37. The van der Waals surface area contributed by atoms with Crippen molar-refractivity contribution in [2.24, 2.45) is 0 Å². The molecule has 10 nitrogen and oxygen atoms in total. The zero-order valence-electron chi connectivity index (χ0n) is 19.1. The van der Waals surface area contributed by atoms with Crippen LogP contribution in [0.5, 0.6) is 11.5 Å². The number of hydrogen-bond donors (Lipinski definition) is 0. The molecule has 1 saturated heterocycles. The SMILES string of the molecule is COc1cc(C(=O)N2CCCC2c2noc(-c3ccccc3OC(F)(F)F)n2)c(-n2nccn2)cc1Cl. The lowest BCUT2D eigenvalue weighted by molar-refractivity contribution is -0.274. The fraction of sp³-hybridized carbons (Fsp3) is 0.261. The van der Waals surface area contributed by atoms with Gasteiger partial charge in [-0.1, -0.05) is 28.9 Å². The summed E-state index contributed by atoms with van der Waals surface area (Å²) in [6.07, 6.45) is -0.799. The molecule has 192 valence electrons. The van der Waals surface area contributed by atoms with Gasteiger partial charge in [0, 0.05) is 6.54 Å². The number of rotatable bonds is 6. The molecule has 4 aromatic rings. The van der Waals surface area contributed by atoms with Crippen LogP contribution in [-0.2, 0) is 0 Å². The monoisotopic (exact) mass is 534 g/mol. The summed E-state index contributed by atoms with van der Waals surface area (Å²) >= 11 is 6.29. The van der Waals surface area contributed by atoms with Crippen molar-refractivity contribution in [1.29, 1.82) is 0 Å². The molecule has 2 aromatic carbocycles. The lowest BCUT2D eigenvalue weighted by atomic mass is 10.1. The number of carbonyl (C=O) groups is 1. The molecule has 1 aliphatic heterocycles. The van der Waals surface area contributed by atoms with Crippen LogP contribution < -0.4 is 9.47 Å². The Bertz CT molecular complexity index is 1430. The summed E-state index contributed by atoms with van der Waals surface area (Å²) in [7, 11) is 1.43. The molecule has 1 aliphatic rings. The minimum atomic E-state index is -4.89. The number of hydrogen-bond acceptors (Lipinski definition) is 8. The molecule has 5 rings (SSSR count). The number of carbonyl (C=O) groups excluding carboxylic acids is 1. The zero-order valence-corrected chi connectivity index (χ0v) is 19.9. The number of likely N-dealkylation sites (tertiary alicyclic amines) is 1. The van der Waals surface area contributed by atoms with E-state index in [9.17, 15) is 18.0 Å². The van der Waals surface area contributed by atoms with Crippen LogP contribution in [0.3, 0.4) is 0 Å². The van der Waals surface area contributed by atoms with Crippen molar-refractivity contribution in [3.63, 3.8) is 0 Å². The molecule has 1 unspecified atom stereocenters. The van der Waals surface area contributed by atoms with Crippen molar-refractivity contribution < 1.29 is 32.0 Å². The molecular formula is C23H18ClF3N6O4. The van der Waals surface area contributed by atoms with Crippen molar-refractivity contribution in [2.75, 3.05) is 13.7 Å². The second-order valence-electron chi connectivity index (χ2n) is 7.98. The number of amides is 1. The number of ether oxygens (including phenoxy) is 2. The first-order valence-electron chi connectivity index (χ1n) is 11.0. The van der Waals surface area contributed by atoms with Crippen LogP contribution >= 0.6 is 11.6 Å². The Morgan fingerprint density at radius 3 is 2.65 bits per heavy atom. The zero-order chi connectivity index (χ0) is 26.2. The summed E-state index contributed by atoms with van der Waals surface area (Å²) in [6, 6.07) is 7.89. The van der Waals surface area contributed by atoms with Gasteiger partial charge in [0.2, 0.25) is 0 Å². The Kier molecular flexibility index (Phi) is 6.46. The predicted molar refractivity (Wildman–Crippen MR) is 122 cm³/mol. The van der Waals surface area contributed by atoms with Crippen LogP contribution in [0.1, 0.15) is 35.1 Å². The highest BCUT2D eigenvalue weighted by molar-refractivity contribution is 6.32. The summed E-state index contributed by atoms with van der Waals surface area (Å²) < 4.78 is 53.2. The van der Waals surface area contributed by atoms with Gasteiger partial charge in [0.25, 0.3) is 11.8 Å². The van der Waals surface area contributed by atoms with Crippen LogP contribution in [0.15, 0.2) is 53.3 Å². The van der Waals surface area contributed by atoms with Gasteiger partial charge in [-0.05, 0) is 37.1 Å². The van der Waals surface area contributed by atoms with Crippen LogP contribution in [0.2, 0.25) is 5.02 Å². The number of aromatic nitrogens is 5. The van der Waals surface area contributed by atoms with Gasteiger partial charge in [-0.15, -0.1) is 13.2 Å². The first kappa shape index (κ1) is 24.6. The lowest BCUT2D eigenvalue weighted by Crippen LogP contribution is -2.32. The van der Waals surface area contributed by atoms with Gasteiger partial charge >= 0.3 is 6.36 Å². The molecule has 0 aliphatic carbocycles. The van der Waals surface area contributed by atoms with E-state index in [0.29, 0.717) is 30.8 Å². The Hall–Kier alpha value is -4.13. The second kappa shape index (κ2) is 9.73. The van der Waals surface area contributed by atoms with Gasteiger partial charge in [0.15, 0.2) is 5.82 Å². The maximum absolute atomic E-state index is 13.7. The topological polar surface area (TPSA) is 108 Å². The molecular weight excluding hydrogens is 517 g/mol. The number of benzene rings is 2. The molecule has 14 heteroatoms. The number of nitrogens with zero attached hydrogens (tertiary/aromatic N) is 6. The largest absolute Gasteiger partial charge is 0.573 e. The minimum Gasteiger partial charge on any atom is -0.495 e. The summed E-state index contributed by atoms with van der Waals surface area (Å²) in [6.45, 7) is 0.387. The average molecular weight is 535 g/mol. The van der Waals surface area contributed by atoms with Crippen molar-refractivity contribution in [3.05, 3.63) is 65.2 Å². The summed E-state index contributed by atoms with van der Waals surface area (Å²) in [5.74, 6) is -0.572. The van der Waals surface area contributed by atoms with Gasteiger partial charge < -0.3 is 18.9 Å². The molecule has 0 bridgehead atoms. The molecule has 0 spiro atoms. The van der Waals surface area contributed by atoms with Gasteiger partial charge in [-0.2, -0.15) is 20.0 Å². The van der Waals surface area contributed by atoms with E-state index in [4.69, 9.17) is 20.9 Å². The molecule has 3 heterocycles. The van der Waals surface area contributed by atoms with Crippen molar-refractivity contribution in [2.45, 2.75) is 25.2 Å². The third kappa shape index (κ3) is 4.94. The van der Waals surface area contributed by atoms with Crippen LogP contribution in [0.4, 0.5) is 13.2 Å². The van der Waals surface area contributed by atoms with E-state index in [2.05, 4.69) is 25.1 Å². The molecule has 0 saturated carbocycles. The van der Waals surface area contributed by atoms with E-state index in [1.807, 2.05) is 0 Å². The molecule has 1 fully saturated rings. The molecule has 37 heavy (non-hydrogen) atoms. The first-order chi connectivity index (χ1) is 17.7. The van der Waals surface area contributed by atoms with E-state index >= 15 is 0 Å². The second-order valence-corrected chi connectivity index (χ2v) is 8.39. The standard InChI is InChI=1S/C23H18ClF3N6O4/c1-35-19-11-14(17(12-15(19)24)33-28-8-9-29-33)22(34)32-10-4-6-16(32)20-30-21(37-31-20)13-5-2-3-7-18(13)36-23(25,26)27/h2-3,5,7-9,11-12,16H,4,6,10H2,1H3. The highest BCUT2D eigenvalue weighted by atomic mass is 35.5. The van der Waals surface area contributed by atoms with E-state index < -0.39 is 18.2 Å². The Labute approximate surface area is 212 Å². The van der Waals surface area contributed by atoms with Gasteiger partial charge in [-0.25, -0.2) is 0 Å². The summed E-state index contributed by atoms with van der Waals surface area (Å²) in [4.78, 5) is 20.9. The summed E-state index contributed by atoms with van der Waals surface area (Å²) in [5.41, 5.74) is 0.555. The number of para-hydroxylation sites is 1. The maximum Gasteiger partial charge on any atom is 0.573 e. The smallest absolute Gasteiger partial charge is 0.495 e. The van der Waals surface area contributed by atoms with E-state index in [1.54, 1.807) is 4.90 Å². The Balaban J connectivity index is 1.48. The van der Waals surface area contributed by atoms with Crippen LogP contribution in [0, 0.1) is 0 Å². The van der Waals surface area contributed by atoms with E-state index in [1.165, 1.54) is 54.6 Å². The number of alkyl halides is 3. The minimum absolute atomic E-state index is 0.0241. The predicted octanol–water partition coefficient (Wildman–Crippen LogP) is 4.86. The quantitative estimate of drug-likeness (QED) is 0.345. The van der Waals surface area contributed by atoms with Crippen molar-refractivity contribution in [1.82, 2.24) is 30.0 Å². The fourth-order valence-corrected chi connectivity index (χ4v) is 4.38. The molecule has 1 amide bonds. The van der Waals surface area contributed by atoms with Gasteiger partial charge in [0.05, 0.1) is 41.7 Å². The molecule has 0 N–H and O–H groups in total.